The van der Waals surface area contributed by atoms with Crippen LogP contribution in [0.1, 0.15) is 71.6 Å². The normalized spacial score (nSPS) is 13.8. The third-order valence-electron chi connectivity index (χ3n) is 5.82. The van der Waals surface area contributed by atoms with Crippen LogP contribution in [-0.4, -0.2) is 39.5 Å². The van der Waals surface area contributed by atoms with Gasteiger partial charge in [-0.15, -0.1) is 0 Å². The van der Waals surface area contributed by atoms with Crippen LogP contribution >= 0.6 is 0 Å². The smallest absolute Gasteiger partial charge is 0.419 e. The van der Waals surface area contributed by atoms with E-state index in [9.17, 15) is 14.7 Å². The highest BCUT2D eigenvalue weighted by Crippen LogP contribution is 2.35. The van der Waals surface area contributed by atoms with Gasteiger partial charge >= 0.3 is 12.1 Å². The summed E-state index contributed by atoms with van der Waals surface area (Å²) in [7, 11) is 0. The molecule has 0 aliphatic heterocycles. The van der Waals surface area contributed by atoms with Gasteiger partial charge in [0.15, 0.2) is 0 Å². The summed E-state index contributed by atoms with van der Waals surface area (Å²) >= 11 is 0. The van der Waals surface area contributed by atoms with Gasteiger partial charge in [-0.1, -0.05) is 48.5 Å². The molecule has 3 aromatic rings. The molecule has 0 fully saturated rings. The zero-order valence-electron chi connectivity index (χ0n) is 22.8. The van der Waals surface area contributed by atoms with E-state index in [4.69, 9.17) is 9.47 Å². The second kappa shape index (κ2) is 11.9. The number of hydrogen-bond acceptors (Lipinski definition) is 6. The Morgan fingerprint density at radius 1 is 0.919 bits per heavy atom. The van der Waals surface area contributed by atoms with E-state index in [-0.39, 0.29) is 12.6 Å². The second-order valence-electron chi connectivity index (χ2n) is 11.3. The van der Waals surface area contributed by atoms with Crippen molar-refractivity contribution in [2.75, 3.05) is 6.61 Å². The number of hydrogen-bond donors (Lipinski definition) is 2. The van der Waals surface area contributed by atoms with E-state index in [0.29, 0.717) is 24.9 Å². The van der Waals surface area contributed by atoms with Crippen molar-refractivity contribution in [3.05, 3.63) is 71.9 Å². The first-order valence-corrected chi connectivity index (χ1v) is 12.8. The molecule has 1 heterocycles. The number of aliphatic hydroxyl groups excluding tert-OH is 1. The van der Waals surface area contributed by atoms with Gasteiger partial charge in [-0.25, -0.2) is 4.79 Å². The van der Waals surface area contributed by atoms with Crippen molar-refractivity contribution in [1.29, 1.82) is 0 Å². The molecule has 1 aromatic heterocycles. The largest absolute Gasteiger partial charge is 0.460 e. The van der Waals surface area contributed by atoms with Gasteiger partial charge < -0.3 is 19.9 Å². The van der Waals surface area contributed by atoms with Crippen molar-refractivity contribution in [3.63, 3.8) is 0 Å². The molecule has 7 nitrogen and oxygen atoms in total. The number of ether oxygens (including phenoxy) is 2. The van der Waals surface area contributed by atoms with Crippen molar-refractivity contribution in [2.45, 2.75) is 78.2 Å². The van der Waals surface area contributed by atoms with Crippen LogP contribution in [-0.2, 0) is 20.8 Å². The first-order valence-electron chi connectivity index (χ1n) is 12.8. The molecule has 0 amide bonds. The monoisotopic (exact) mass is 508 g/mol. The lowest BCUT2D eigenvalue weighted by molar-refractivity contribution is -0.161. The molecule has 0 aliphatic carbocycles. The molecule has 0 radical (unpaired) electrons. The number of carbonyl (C=O) groups excluding carboxylic acids is 2. The number of nitrogens with one attached hydrogen (secondary N) is 1. The van der Waals surface area contributed by atoms with E-state index in [1.807, 2.05) is 96.1 Å². The minimum atomic E-state index is -0.664. The number of rotatable bonds is 9. The summed E-state index contributed by atoms with van der Waals surface area (Å²) in [6.45, 7) is 11.5. The molecule has 2 N–H and O–H groups in total. The van der Waals surface area contributed by atoms with Gasteiger partial charge in [0.1, 0.15) is 11.2 Å². The third-order valence-corrected chi connectivity index (χ3v) is 5.82. The highest BCUT2D eigenvalue weighted by Gasteiger charge is 2.35. The lowest BCUT2D eigenvalue weighted by atomic mass is 9.88. The maximum atomic E-state index is 13.5. The Bertz CT molecular complexity index is 1190. The highest BCUT2D eigenvalue weighted by molar-refractivity contribution is 5.93. The van der Waals surface area contributed by atoms with Crippen LogP contribution in [0.2, 0.25) is 0 Å². The summed E-state index contributed by atoms with van der Waals surface area (Å²) in [5, 5.41) is 14.0. The fraction of sp³-hybridized carbons (Fsp3) is 0.467. The Labute approximate surface area is 219 Å². The molecule has 0 saturated carbocycles. The van der Waals surface area contributed by atoms with Crippen LogP contribution in [0.4, 0.5) is 4.79 Å². The number of fused-ring (bicyclic) bond motifs is 1. The number of aliphatic hydroxyl groups is 1. The zero-order chi connectivity index (χ0) is 27.2. The fourth-order valence-electron chi connectivity index (χ4n) is 4.32. The first kappa shape index (κ1) is 28.4. The topological polar surface area (TPSA) is 89.8 Å². The predicted octanol–water partition coefficient (Wildman–Crippen LogP) is 5.99. The van der Waals surface area contributed by atoms with Gasteiger partial charge in [0.05, 0.1) is 11.4 Å². The van der Waals surface area contributed by atoms with Gasteiger partial charge in [-0.2, -0.15) is 0 Å². The summed E-state index contributed by atoms with van der Waals surface area (Å²) in [5.41, 5.74) is 1.24. The first-order chi connectivity index (χ1) is 17.4. The molecule has 37 heavy (non-hydrogen) atoms. The van der Waals surface area contributed by atoms with Gasteiger partial charge in [0, 0.05) is 30.8 Å². The van der Waals surface area contributed by atoms with Crippen molar-refractivity contribution >= 4 is 23.0 Å². The number of nitrogens with zero attached hydrogens (tertiary/aromatic N) is 1. The van der Waals surface area contributed by atoms with Crippen molar-refractivity contribution in [3.8, 4) is 0 Å². The third kappa shape index (κ3) is 7.91. The average Bonchev–Trinajstić information content (AvgIpc) is 3.19. The Balaban J connectivity index is 2.12. The van der Waals surface area contributed by atoms with E-state index in [1.54, 1.807) is 6.20 Å². The molecule has 2 aromatic carbocycles. The summed E-state index contributed by atoms with van der Waals surface area (Å²) in [5.74, 6) is -0.936. The number of carbonyl (C=O) groups is 2. The lowest BCUT2D eigenvalue weighted by Crippen LogP contribution is -2.37. The SMILES string of the molecule is CC(C)(C)OC(=O)[C@@H](CCCO)[C@H](NCc1ccccc1)c1cn(C(=O)OC(C)(C)C)c2ccccc12. The van der Waals surface area contributed by atoms with Crippen LogP contribution in [0.15, 0.2) is 60.8 Å². The van der Waals surface area contributed by atoms with Crippen molar-refractivity contribution in [2.24, 2.45) is 5.92 Å². The van der Waals surface area contributed by atoms with E-state index >= 15 is 0 Å². The number of aromatic nitrogens is 1. The maximum absolute atomic E-state index is 13.5. The van der Waals surface area contributed by atoms with Gasteiger partial charge in [0.25, 0.3) is 0 Å². The summed E-state index contributed by atoms with van der Waals surface area (Å²) in [4.78, 5) is 26.7. The molecule has 7 heteroatoms. The number of benzene rings is 2. The van der Waals surface area contributed by atoms with Gasteiger partial charge in [-0.05, 0) is 71.6 Å². The number of esters is 1. The minimum Gasteiger partial charge on any atom is -0.460 e. The Hall–Kier alpha value is -3.16. The van der Waals surface area contributed by atoms with E-state index in [1.165, 1.54) is 4.57 Å². The Morgan fingerprint density at radius 2 is 1.54 bits per heavy atom. The molecule has 3 rings (SSSR count). The molecule has 0 aliphatic rings. The van der Waals surface area contributed by atoms with Crippen molar-refractivity contribution in [1.82, 2.24) is 9.88 Å². The summed E-state index contributed by atoms with van der Waals surface area (Å²) in [6.07, 6.45) is 2.14. The number of para-hydroxylation sites is 1. The van der Waals surface area contributed by atoms with Crippen LogP contribution in [0.3, 0.4) is 0 Å². The van der Waals surface area contributed by atoms with Gasteiger partial charge in [0.2, 0.25) is 0 Å². The van der Waals surface area contributed by atoms with E-state index < -0.39 is 29.3 Å². The Morgan fingerprint density at radius 3 is 2.16 bits per heavy atom. The average molecular weight is 509 g/mol. The van der Waals surface area contributed by atoms with Crippen LogP contribution < -0.4 is 5.32 Å². The molecule has 0 saturated heterocycles. The lowest BCUT2D eigenvalue weighted by Gasteiger charge is -2.30. The van der Waals surface area contributed by atoms with Crippen LogP contribution in [0, 0.1) is 5.92 Å². The van der Waals surface area contributed by atoms with Crippen molar-refractivity contribution < 1.29 is 24.2 Å². The Kier molecular flexibility index (Phi) is 9.16. The minimum absolute atomic E-state index is 0.0373. The van der Waals surface area contributed by atoms with Gasteiger partial charge in [-0.3, -0.25) is 9.36 Å². The fourth-order valence-corrected chi connectivity index (χ4v) is 4.32. The zero-order valence-corrected chi connectivity index (χ0v) is 22.8. The molecule has 0 unspecified atom stereocenters. The highest BCUT2D eigenvalue weighted by atomic mass is 16.6. The van der Waals surface area contributed by atoms with Crippen LogP contribution in [0.25, 0.3) is 10.9 Å². The molecular formula is C30H40N2O5. The van der Waals surface area contributed by atoms with E-state index in [0.717, 1.165) is 16.5 Å². The second-order valence-corrected chi connectivity index (χ2v) is 11.3. The molecule has 0 spiro atoms. The molecule has 0 bridgehead atoms. The van der Waals surface area contributed by atoms with E-state index in [2.05, 4.69) is 5.32 Å². The maximum Gasteiger partial charge on any atom is 0.419 e. The summed E-state index contributed by atoms with van der Waals surface area (Å²) < 4.78 is 13.0. The molecular weight excluding hydrogens is 468 g/mol. The molecule has 2 atom stereocenters. The standard InChI is InChI=1S/C30H40N2O5/c1-29(2,3)36-27(34)23(16-12-18-33)26(31-19-21-13-8-7-9-14-21)24-20-32(28(35)37-30(4,5)6)25-17-11-10-15-22(24)25/h7-11,13-15,17,20,23,26,31,33H,12,16,18-19H2,1-6H3/t23-,26-/m0/s1. The van der Waals surface area contributed by atoms with Crippen LogP contribution in [0.5, 0.6) is 0 Å². The predicted molar refractivity (Wildman–Crippen MR) is 145 cm³/mol. The summed E-state index contributed by atoms with van der Waals surface area (Å²) in [6, 6.07) is 17.1. The quantitative estimate of drug-likeness (QED) is 0.345. The molecule has 200 valence electrons.